The van der Waals surface area contributed by atoms with Crippen LogP contribution in [-0.4, -0.2) is 38.4 Å². The summed E-state index contributed by atoms with van der Waals surface area (Å²) in [7, 11) is 0. The van der Waals surface area contributed by atoms with Crippen LogP contribution in [0.4, 0.5) is 4.79 Å². The molecule has 7 heteroatoms. The van der Waals surface area contributed by atoms with Gasteiger partial charge in [-0.3, -0.25) is 0 Å². The molecule has 0 saturated heterocycles. The smallest absolute Gasteiger partial charge is 0.407 e. The van der Waals surface area contributed by atoms with Gasteiger partial charge in [0.15, 0.2) is 5.60 Å². The highest BCUT2D eigenvalue weighted by Crippen LogP contribution is 2.58. The topological polar surface area (TPSA) is 83.1 Å². The number of alkyl carbamates (subject to hydrolysis) is 1. The molecule has 1 unspecified atom stereocenters. The minimum Gasteiger partial charge on any atom is -0.490 e. The highest BCUT2D eigenvalue weighted by molar-refractivity contribution is 6.08. The van der Waals surface area contributed by atoms with Crippen LogP contribution in [0.15, 0.2) is 121 Å². The minimum absolute atomic E-state index is 0.0310. The Morgan fingerprint density at radius 2 is 1.46 bits per heavy atom. The first-order valence-electron chi connectivity index (χ1n) is 16.8. The van der Waals surface area contributed by atoms with Crippen molar-refractivity contribution in [3.05, 3.63) is 149 Å². The molecule has 7 rings (SSSR count). The lowest BCUT2D eigenvalue weighted by atomic mass is 9.77. The van der Waals surface area contributed by atoms with E-state index in [-0.39, 0.29) is 31.8 Å². The Hall–Kier alpha value is -5.82. The van der Waals surface area contributed by atoms with Crippen molar-refractivity contribution < 1.29 is 28.5 Å². The van der Waals surface area contributed by atoms with Gasteiger partial charge in [-0.05, 0) is 52.8 Å². The van der Waals surface area contributed by atoms with E-state index in [1.54, 1.807) is 6.92 Å². The van der Waals surface area contributed by atoms with Gasteiger partial charge in [-0.25, -0.2) is 9.59 Å². The summed E-state index contributed by atoms with van der Waals surface area (Å²) in [5.41, 5.74) is 7.46. The number of carbonyl (C=O) groups excluding carboxylic acids is 2. The van der Waals surface area contributed by atoms with Gasteiger partial charge < -0.3 is 24.3 Å². The number of ether oxygens (including phenoxy) is 4. The molecule has 1 atom stereocenters. The molecule has 0 spiro atoms. The molecule has 0 fully saturated rings. The fourth-order valence-electron chi connectivity index (χ4n) is 7.13. The van der Waals surface area contributed by atoms with E-state index >= 15 is 0 Å². The lowest BCUT2D eigenvalue weighted by Crippen LogP contribution is -2.35. The van der Waals surface area contributed by atoms with Gasteiger partial charge >= 0.3 is 12.1 Å². The molecular formula is C43H39NO6. The first kappa shape index (κ1) is 32.7. The van der Waals surface area contributed by atoms with E-state index < -0.39 is 17.7 Å². The Labute approximate surface area is 292 Å². The zero-order chi connectivity index (χ0) is 34.9. The number of nitrogens with one attached hydrogen (secondary N) is 1. The Balaban J connectivity index is 1.13. The number of benzene rings is 5. The van der Waals surface area contributed by atoms with Crippen LogP contribution in [0.5, 0.6) is 11.5 Å². The third-order valence-electron chi connectivity index (χ3n) is 9.47. The van der Waals surface area contributed by atoms with Gasteiger partial charge in [0.1, 0.15) is 31.3 Å². The molecule has 0 aromatic heterocycles. The van der Waals surface area contributed by atoms with Crippen LogP contribution >= 0.6 is 0 Å². The predicted molar refractivity (Wildman–Crippen MR) is 195 cm³/mol. The van der Waals surface area contributed by atoms with Crippen LogP contribution in [0.1, 0.15) is 48.6 Å². The number of amides is 1. The zero-order valence-corrected chi connectivity index (χ0v) is 28.5. The first-order valence-corrected chi connectivity index (χ1v) is 16.8. The average Bonchev–Trinajstić information content (AvgIpc) is 3.39. The predicted octanol–water partition coefficient (Wildman–Crippen LogP) is 8.72. The second-order valence-corrected chi connectivity index (χ2v) is 13.1. The number of hydrogen-bond acceptors (Lipinski definition) is 6. The highest BCUT2D eigenvalue weighted by Gasteiger charge is 2.44. The van der Waals surface area contributed by atoms with Crippen molar-refractivity contribution in [3.63, 3.8) is 0 Å². The van der Waals surface area contributed by atoms with E-state index in [1.807, 2.05) is 42.5 Å². The van der Waals surface area contributed by atoms with Gasteiger partial charge in [0.25, 0.3) is 0 Å². The summed E-state index contributed by atoms with van der Waals surface area (Å²) in [5, 5.41) is 4.80. The van der Waals surface area contributed by atoms with Crippen molar-refractivity contribution in [2.24, 2.45) is 0 Å². The minimum atomic E-state index is -0.890. The maximum absolute atomic E-state index is 12.0. The van der Waals surface area contributed by atoms with Gasteiger partial charge in [0.2, 0.25) is 0 Å². The summed E-state index contributed by atoms with van der Waals surface area (Å²) in [6.07, 6.45) is 3.81. The molecule has 5 aromatic carbocycles. The van der Waals surface area contributed by atoms with E-state index in [0.717, 1.165) is 27.8 Å². The molecule has 2 aliphatic rings. The van der Waals surface area contributed by atoms with E-state index in [1.165, 1.54) is 27.6 Å². The molecule has 1 aliphatic heterocycles. The van der Waals surface area contributed by atoms with Gasteiger partial charge in [-0.1, -0.05) is 117 Å². The first-order chi connectivity index (χ1) is 24.2. The van der Waals surface area contributed by atoms with E-state index in [2.05, 4.69) is 98.6 Å². The maximum atomic E-state index is 12.0. The number of carbonyl (C=O) groups is 2. The van der Waals surface area contributed by atoms with Crippen LogP contribution in [0.25, 0.3) is 28.0 Å². The quantitative estimate of drug-likeness (QED) is 0.0913. The standard InChI is InChI=1S/C43H39NO6/c1-28(2)40(45)48-25-24-44-41(46)49-27-26-47-31-20-18-30(19-21-31)43(29-12-6-5-7-13-29)23-22-35-38-37(32-14-8-9-15-33(32)39(35)50-43)34-16-10-11-17-36(34)42(38,3)4/h5-23H,1,24-27H2,2-4H3,(H,44,46). The third kappa shape index (κ3) is 5.79. The number of fused-ring (bicyclic) bond motifs is 8. The Kier molecular flexibility index (Phi) is 8.66. The SMILES string of the molecule is C=C(C)C(=O)OCCNC(=O)OCCOc1ccc(C2(c3ccccc3)C=Cc3c4c(c5ccccc5c3O2)-c2ccccc2C4(C)C)cc1. The molecule has 1 heterocycles. The molecule has 1 aliphatic carbocycles. The molecule has 0 bridgehead atoms. The molecule has 50 heavy (non-hydrogen) atoms. The van der Waals surface area contributed by atoms with Gasteiger partial charge in [0.05, 0.1) is 6.54 Å². The van der Waals surface area contributed by atoms with E-state index in [9.17, 15) is 9.59 Å². The Morgan fingerprint density at radius 3 is 2.22 bits per heavy atom. The molecule has 1 amide bonds. The molecule has 252 valence electrons. The third-order valence-corrected chi connectivity index (χ3v) is 9.47. The lowest BCUT2D eigenvalue weighted by Gasteiger charge is -2.38. The second-order valence-electron chi connectivity index (χ2n) is 13.1. The second kappa shape index (κ2) is 13.2. The summed E-state index contributed by atoms with van der Waals surface area (Å²) in [6.45, 7) is 10.1. The van der Waals surface area contributed by atoms with Crippen LogP contribution in [-0.2, 0) is 25.3 Å². The van der Waals surface area contributed by atoms with E-state index in [0.29, 0.717) is 11.3 Å². The molecule has 0 saturated carbocycles. The van der Waals surface area contributed by atoms with Crippen molar-refractivity contribution in [1.82, 2.24) is 5.32 Å². The van der Waals surface area contributed by atoms with Gasteiger partial charge in [-0.15, -0.1) is 0 Å². The average molecular weight is 666 g/mol. The van der Waals surface area contributed by atoms with Crippen molar-refractivity contribution in [2.45, 2.75) is 31.8 Å². The normalized spacial score (nSPS) is 16.4. The molecular weight excluding hydrogens is 626 g/mol. The van der Waals surface area contributed by atoms with Crippen molar-refractivity contribution in [2.75, 3.05) is 26.4 Å². The monoisotopic (exact) mass is 665 g/mol. The molecule has 0 radical (unpaired) electrons. The van der Waals surface area contributed by atoms with Crippen LogP contribution < -0.4 is 14.8 Å². The van der Waals surface area contributed by atoms with Crippen LogP contribution in [0.3, 0.4) is 0 Å². The summed E-state index contributed by atoms with van der Waals surface area (Å²) < 4.78 is 23.4. The molecule has 5 aromatic rings. The number of esters is 1. The van der Waals surface area contributed by atoms with Crippen molar-refractivity contribution >= 4 is 28.9 Å². The molecule has 7 nitrogen and oxygen atoms in total. The van der Waals surface area contributed by atoms with Crippen LogP contribution in [0.2, 0.25) is 0 Å². The Morgan fingerprint density at radius 1 is 0.780 bits per heavy atom. The maximum Gasteiger partial charge on any atom is 0.407 e. The summed E-state index contributed by atoms with van der Waals surface area (Å²) in [4.78, 5) is 23.4. The van der Waals surface area contributed by atoms with Crippen molar-refractivity contribution in [1.29, 1.82) is 0 Å². The summed E-state index contributed by atoms with van der Waals surface area (Å²) in [6, 6.07) is 35.4. The summed E-state index contributed by atoms with van der Waals surface area (Å²) in [5.74, 6) is 1.00. The number of hydrogen-bond donors (Lipinski definition) is 1. The lowest BCUT2D eigenvalue weighted by molar-refractivity contribution is -0.138. The van der Waals surface area contributed by atoms with E-state index in [4.69, 9.17) is 18.9 Å². The zero-order valence-electron chi connectivity index (χ0n) is 28.5. The summed E-state index contributed by atoms with van der Waals surface area (Å²) >= 11 is 0. The van der Waals surface area contributed by atoms with Crippen molar-refractivity contribution in [3.8, 4) is 22.6 Å². The fraction of sp³-hybridized carbons (Fsp3) is 0.209. The van der Waals surface area contributed by atoms with Gasteiger partial charge in [-0.2, -0.15) is 0 Å². The van der Waals surface area contributed by atoms with Crippen LogP contribution in [0, 0.1) is 0 Å². The number of rotatable bonds is 10. The fourth-order valence-corrected chi connectivity index (χ4v) is 7.13. The Bertz CT molecular complexity index is 2130. The highest BCUT2D eigenvalue weighted by atomic mass is 16.6. The largest absolute Gasteiger partial charge is 0.490 e. The molecule has 1 N–H and O–H groups in total. The van der Waals surface area contributed by atoms with Gasteiger partial charge in [0, 0.05) is 33.1 Å².